The summed E-state index contributed by atoms with van der Waals surface area (Å²) in [6, 6.07) is 1.78. The van der Waals surface area contributed by atoms with Crippen LogP contribution < -0.4 is 11.1 Å². The number of aryl methyl sites for hydroxylation is 2. The van der Waals surface area contributed by atoms with Gasteiger partial charge in [0, 0.05) is 13.7 Å². The highest BCUT2D eigenvalue weighted by atomic mass is 16.5. The van der Waals surface area contributed by atoms with Crippen molar-refractivity contribution in [2.45, 2.75) is 39.3 Å². The number of carbonyl (C=O) groups is 1. The number of nitrogens with two attached hydrogens (primary N) is 1. The first-order chi connectivity index (χ1) is 9.15. The van der Waals surface area contributed by atoms with Crippen molar-refractivity contribution in [1.29, 1.82) is 0 Å². The molecule has 0 aliphatic rings. The van der Waals surface area contributed by atoms with Gasteiger partial charge >= 0.3 is 0 Å². The van der Waals surface area contributed by atoms with Crippen LogP contribution in [0, 0.1) is 0 Å². The zero-order chi connectivity index (χ0) is 14.3. The summed E-state index contributed by atoms with van der Waals surface area (Å²) in [7, 11) is 1.61. The van der Waals surface area contributed by atoms with Crippen LogP contribution in [0.4, 0.5) is 0 Å². The summed E-state index contributed by atoms with van der Waals surface area (Å²) in [5.74, 6) is -0.121. The van der Waals surface area contributed by atoms with Crippen molar-refractivity contribution in [2.75, 3.05) is 20.3 Å². The lowest BCUT2D eigenvalue weighted by Gasteiger charge is -2.17. The third-order valence-corrected chi connectivity index (χ3v) is 2.94. The number of methoxy groups -OCH3 is 1. The molecule has 6 heteroatoms. The van der Waals surface area contributed by atoms with Gasteiger partial charge in [-0.1, -0.05) is 6.92 Å². The summed E-state index contributed by atoms with van der Waals surface area (Å²) in [5.41, 5.74) is 7.05. The van der Waals surface area contributed by atoms with Gasteiger partial charge in [-0.25, -0.2) is 0 Å². The summed E-state index contributed by atoms with van der Waals surface area (Å²) >= 11 is 0. The predicted molar refractivity (Wildman–Crippen MR) is 74.1 cm³/mol. The highest BCUT2D eigenvalue weighted by Crippen LogP contribution is 2.06. The summed E-state index contributed by atoms with van der Waals surface area (Å²) in [5, 5.41) is 7.31. The maximum Gasteiger partial charge on any atom is 0.269 e. The van der Waals surface area contributed by atoms with Gasteiger partial charge < -0.3 is 15.8 Å². The average molecular weight is 268 g/mol. The Bertz CT molecular complexity index is 397. The average Bonchev–Trinajstić information content (AvgIpc) is 2.82. The van der Waals surface area contributed by atoms with Crippen LogP contribution >= 0.6 is 0 Å². The number of nitrogens with one attached hydrogen (secondary N) is 1. The first kappa shape index (κ1) is 15.7. The van der Waals surface area contributed by atoms with E-state index >= 15 is 0 Å². The fourth-order valence-electron chi connectivity index (χ4n) is 1.93. The number of rotatable bonds is 8. The maximum atomic E-state index is 12.2. The minimum Gasteiger partial charge on any atom is -0.383 e. The van der Waals surface area contributed by atoms with Crippen molar-refractivity contribution in [3.63, 3.8) is 0 Å². The molecule has 1 heterocycles. The van der Waals surface area contributed by atoms with Gasteiger partial charge in [-0.2, -0.15) is 5.10 Å². The molecule has 3 N–H and O–H groups in total. The molecule has 1 atom stereocenters. The van der Waals surface area contributed by atoms with Gasteiger partial charge in [0.15, 0.2) is 0 Å². The summed E-state index contributed by atoms with van der Waals surface area (Å²) < 4.78 is 6.81. The quantitative estimate of drug-likeness (QED) is 0.721. The van der Waals surface area contributed by atoms with Crippen LogP contribution in [-0.4, -0.2) is 42.0 Å². The largest absolute Gasteiger partial charge is 0.383 e. The number of hydrogen-bond donors (Lipinski definition) is 2. The molecule has 1 rings (SSSR count). The van der Waals surface area contributed by atoms with E-state index in [1.54, 1.807) is 11.8 Å². The van der Waals surface area contributed by atoms with Crippen LogP contribution in [0.15, 0.2) is 6.07 Å². The molecule has 0 saturated carbocycles. The molecule has 0 aromatic carbocycles. The summed E-state index contributed by atoms with van der Waals surface area (Å²) in [4.78, 5) is 12.2. The van der Waals surface area contributed by atoms with Gasteiger partial charge in [0.25, 0.3) is 5.91 Å². The third kappa shape index (κ3) is 4.33. The van der Waals surface area contributed by atoms with E-state index in [9.17, 15) is 4.79 Å². The SMILES string of the molecule is CCc1cc(C(=O)NC(CCN)COC)n(CC)n1. The Balaban J connectivity index is 2.77. The van der Waals surface area contributed by atoms with Gasteiger partial charge in [0.05, 0.1) is 18.3 Å². The zero-order valence-electron chi connectivity index (χ0n) is 12.0. The fourth-order valence-corrected chi connectivity index (χ4v) is 1.93. The second-order valence-electron chi connectivity index (χ2n) is 4.39. The predicted octanol–water partition coefficient (Wildman–Crippen LogP) is 0.559. The molecule has 0 spiro atoms. The van der Waals surface area contributed by atoms with Gasteiger partial charge in [-0.05, 0) is 32.4 Å². The first-order valence-corrected chi connectivity index (χ1v) is 6.72. The van der Waals surface area contributed by atoms with Crippen molar-refractivity contribution >= 4 is 5.91 Å². The minimum atomic E-state index is -0.121. The summed E-state index contributed by atoms with van der Waals surface area (Å²) in [6.07, 6.45) is 1.51. The van der Waals surface area contributed by atoms with Gasteiger partial charge in [0.2, 0.25) is 0 Å². The molecule has 0 radical (unpaired) electrons. The molecule has 6 nitrogen and oxygen atoms in total. The van der Waals surface area contributed by atoms with Crippen LogP contribution in [0.1, 0.15) is 36.5 Å². The second kappa shape index (κ2) is 7.91. The first-order valence-electron chi connectivity index (χ1n) is 6.72. The van der Waals surface area contributed by atoms with Crippen molar-refractivity contribution in [3.8, 4) is 0 Å². The smallest absolute Gasteiger partial charge is 0.269 e. The molecule has 0 fully saturated rings. The summed E-state index contributed by atoms with van der Waals surface area (Å²) in [6.45, 7) is 5.64. The number of aromatic nitrogens is 2. The number of carbonyl (C=O) groups excluding carboxylic acids is 1. The third-order valence-electron chi connectivity index (χ3n) is 2.94. The maximum absolute atomic E-state index is 12.2. The van der Waals surface area contributed by atoms with Crippen LogP contribution in [0.25, 0.3) is 0 Å². The zero-order valence-corrected chi connectivity index (χ0v) is 12.0. The monoisotopic (exact) mass is 268 g/mol. The highest BCUT2D eigenvalue weighted by Gasteiger charge is 2.17. The van der Waals surface area contributed by atoms with Crippen LogP contribution in [0.5, 0.6) is 0 Å². The number of nitrogens with zero attached hydrogens (tertiary/aromatic N) is 2. The normalized spacial score (nSPS) is 12.4. The lowest BCUT2D eigenvalue weighted by Crippen LogP contribution is -2.40. The molecule has 0 bridgehead atoms. The van der Waals surface area contributed by atoms with Gasteiger partial charge in [-0.3, -0.25) is 9.48 Å². The van der Waals surface area contributed by atoms with Crippen molar-refractivity contribution in [1.82, 2.24) is 15.1 Å². The molecular weight excluding hydrogens is 244 g/mol. The lowest BCUT2D eigenvalue weighted by atomic mass is 10.2. The van der Waals surface area contributed by atoms with Crippen molar-refractivity contribution < 1.29 is 9.53 Å². The van der Waals surface area contributed by atoms with Crippen molar-refractivity contribution in [3.05, 3.63) is 17.5 Å². The minimum absolute atomic E-state index is 0.0622. The van der Waals surface area contributed by atoms with E-state index in [-0.39, 0.29) is 11.9 Å². The number of hydrogen-bond acceptors (Lipinski definition) is 4. The van der Waals surface area contributed by atoms with Crippen LogP contribution in [0.3, 0.4) is 0 Å². The van der Waals surface area contributed by atoms with E-state index < -0.39 is 0 Å². The van der Waals surface area contributed by atoms with E-state index in [4.69, 9.17) is 10.5 Å². The van der Waals surface area contributed by atoms with E-state index in [0.29, 0.717) is 31.8 Å². The number of ether oxygens (including phenoxy) is 1. The van der Waals surface area contributed by atoms with Crippen molar-refractivity contribution in [2.24, 2.45) is 5.73 Å². The molecule has 108 valence electrons. The molecule has 1 unspecified atom stereocenters. The standard InChI is InChI=1S/C13H24N4O2/c1-4-10-8-12(17(5-2)16-10)13(18)15-11(6-7-14)9-19-3/h8,11H,4-7,9,14H2,1-3H3,(H,15,18). The molecule has 0 aliphatic heterocycles. The molecular formula is C13H24N4O2. The van der Waals surface area contributed by atoms with Gasteiger partial charge in [0.1, 0.15) is 5.69 Å². The number of amides is 1. The molecule has 19 heavy (non-hydrogen) atoms. The molecule has 1 aromatic rings. The second-order valence-corrected chi connectivity index (χ2v) is 4.39. The molecule has 0 aliphatic carbocycles. The van der Waals surface area contributed by atoms with E-state index in [0.717, 1.165) is 12.1 Å². The van der Waals surface area contributed by atoms with E-state index in [2.05, 4.69) is 10.4 Å². The Morgan fingerprint density at radius 3 is 2.84 bits per heavy atom. The van der Waals surface area contributed by atoms with Gasteiger partial charge in [-0.15, -0.1) is 0 Å². The Kier molecular flexibility index (Phi) is 6.52. The Morgan fingerprint density at radius 1 is 1.58 bits per heavy atom. The van der Waals surface area contributed by atoms with Crippen LogP contribution in [0.2, 0.25) is 0 Å². The van der Waals surface area contributed by atoms with E-state index in [1.165, 1.54) is 0 Å². The molecule has 1 amide bonds. The molecule has 1 aromatic heterocycles. The van der Waals surface area contributed by atoms with Crippen LogP contribution in [-0.2, 0) is 17.7 Å². The van der Waals surface area contributed by atoms with E-state index in [1.807, 2.05) is 19.9 Å². The Hall–Kier alpha value is -1.40. The lowest BCUT2D eigenvalue weighted by molar-refractivity contribution is 0.0883. The highest BCUT2D eigenvalue weighted by molar-refractivity contribution is 5.92. The fraction of sp³-hybridized carbons (Fsp3) is 0.692. The topological polar surface area (TPSA) is 82.2 Å². The Labute approximate surface area is 114 Å². The Morgan fingerprint density at radius 2 is 2.32 bits per heavy atom. The molecule has 0 saturated heterocycles.